The quantitative estimate of drug-likeness (QED) is 0.795. The monoisotopic (exact) mass is 247 g/mol. The summed E-state index contributed by atoms with van der Waals surface area (Å²) in [5.41, 5.74) is 1.35. The number of morpholine rings is 1. The van der Waals surface area contributed by atoms with E-state index in [-0.39, 0.29) is 0 Å². The molecule has 3 heterocycles. The molecule has 1 atom stereocenters. The first-order chi connectivity index (χ1) is 8.84. The van der Waals surface area contributed by atoms with Gasteiger partial charge in [0, 0.05) is 25.3 Å². The van der Waals surface area contributed by atoms with Crippen LogP contribution in [0.4, 0.5) is 5.82 Å². The van der Waals surface area contributed by atoms with Crippen LogP contribution in [0.5, 0.6) is 0 Å². The fourth-order valence-corrected chi connectivity index (χ4v) is 2.91. The second-order valence-electron chi connectivity index (χ2n) is 5.19. The Labute approximate surface area is 109 Å². The zero-order valence-electron chi connectivity index (χ0n) is 11.0. The van der Waals surface area contributed by atoms with Crippen LogP contribution in [0.25, 0.3) is 0 Å². The molecule has 2 aliphatic rings. The van der Waals surface area contributed by atoms with Gasteiger partial charge in [-0.05, 0) is 38.1 Å². The summed E-state index contributed by atoms with van der Waals surface area (Å²) in [4.78, 5) is 9.34. The van der Waals surface area contributed by atoms with E-state index < -0.39 is 0 Å². The van der Waals surface area contributed by atoms with Crippen molar-refractivity contribution in [3.05, 3.63) is 23.9 Å². The lowest BCUT2D eigenvalue weighted by molar-refractivity contribution is 0.122. The van der Waals surface area contributed by atoms with E-state index >= 15 is 0 Å². The molecular weight excluding hydrogens is 226 g/mol. The Bertz CT molecular complexity index is 387. The summed E-state index contributed by atoms with van der Waals surface area (Å²) in [6.45, 7) is 4.74. The number of pyridine rings is 1. The van der Waals surface area contributed by atoms with Gasteiger partial charge in [0.1, 0.15) is 5.82 Å². The normalized spacial score (nSPS) is 25.6. The Morgan fingerprint density at radius 3 is 2.67 bits per heavy atom. The van der Waals surface area contributed by atoms with E-state index in [4.69, 9.17) is 4.74 Å². The third-order valence-corrected chi connectivity index (χ3v) is 4.01. The second-order valence-corrected chi connectivity index (χ2v) is 5.19. The molecule has 4 heteroatoms. The summed E-state index contributed by atoms with van der Waals surface area (Å²) >= 11 is 0. The van der Waals surface area contributed by atoms with E-state index in [1.807, 2.05) is 0 Å². The van der Waals surface area contributed by atoms with Crippen molar-refractivity contribution in [1.82, 2.24) is 9.88 Å². The van der Waals surface area contributed by atoms with Crippen molar-refractivity contribution in [2.45, 2.75) is 18.9 Å². The molecule has 0 N–H and O–H groups in total. The van der Waals surface area contributed by atoms with Gasteiger partial charge in [0.05, 0.1) is 13.2 Å². The molecule has 0 aliphatic carbocycles. The zero-order chi connectivity index (χ0) is 12.4. The zero-order valence-corrected chi connectivity index (χ0v) is 11.0. The molecule has 3 rings (SSSR count). The molecule has 2 saturated heterocycles. The summed E-state index contributed by atoms with van der Waals surface area (Å²) in [5, 5.41) is 0. The van der Waals surface area contributed by atoms with Crippen molar-refractivity contribution < 1.29 is 4.74 Å². The lowest BCUT2D eigenvalue weighted by atomic mass is 10.1. The highest BCUT2D eigenvalue weighted by Crippen LogP contribution is 2.30. The molecule has 0 amide bonds. The van der Waals surface area contributed by atoms with E-state index in [1.165, 1.54) is 24.9 Å². The fourth-order valence-electron chi connectivity index (χ4n) is 2.91. The maximum Gasteiger partial charge on any atom is 0.128 e. The van der Waals surface area contributed by atoms with Crippen molar-refractivity contribution in [2.24, 2.45) is 0 Å². The van der Waals surface area contributed by atoms with Gasteiger partial charge in [0.2, 0.25) is 0 Å². The topological polar surface area (TPSA) is 28.6 Å². The van der Waals surface area contributed by atoms with Crippen LogP contribution in [0.15, 0.2) is 18.3 Å². The van der Waals surface area contributed by atoms with Crippen LogP contribution in [0.1, 0.15) is 24.4 Å². The number of ether oxygens (including phenoxy) is 1. The van der Waals surface area contributed by atoms with Crippen molar-refractivity contribution in [1.29, 1.82) is 0 Å². The van der Waals surface area contributed by atoms with Crippen LogP contribution in [-0.4, -0.2) is 49.8 Å². The van der Waals surface area contributed by atoms with Gasteiger partial charge in [-0.1, -0.05) is 6.07 Å². The van der Waals surface area contributed by atoms with Crippen LogP contribution in [0.2, 0.25) is 0 Å². The van der Waals surface area contributed by atoms with Gasteiger partial charge in [-0.15, -0.1) is 0 Å². The van der Waals surface area contributed by atoms with Crippen LogP contribution in [0, 0.1) is 0 Å². The molecule has 0 unspecified atom stereocenters. The molecule has 2 fully saturated rings. The number of hydrogen-bond acceptors (Lipinski definition) is 4. The molecule has 98 valence electrons. The molecule has 0 spiro atoms. The Morgan fingerprint density at radius 1 is 1.22 bits per heavy atom. The lowest BCUT2D eigenvalue weighted by Gasteiger charge is -2.28. The maximum atomic E-state index is 5.36. The largest absolute Gasteiger partial charge is 0.378 e. The first-order valence-corrected chi connectivity index (χ1v) is 6.83. The number of anilines is 1. The van der Waals surface area contributed by atoms with Crippen LogP contribution >= 0.6 is 0 Å². The van der Waals surface area contributed by atoms with Gasteiger partial charge in [-0.2, -0.15) is 0 Å². The van der Waals surface area contributed by atoms with Crippen LogP contribution < -0.4 is 4.90 Å². The minimum Gasteiger partial charge on any atom is -0.378 e. The van der Waals surface area contributed by atoms with E-state index in [2.05, 4.69) is 40.2 Å². The van der Waals surface area contributed by atoms with Crippen molar-refractivity contribution in [3.63, 3.8) is 0 Å². The molecular formula is C14H21N3O. The SMILES string of the molecule is CN1CCC[C@H]1c1ccc(N2CCOCC2)nc1. The van der Waals surface area contributed by atoms with E-state index in [9.17, 15) is 0 Å². The van der Waals surface area contributed by atoms with E-state index in [0.29, 0.717) is 6.04 Å². The highest BCUT2D eigenvalue weighted by atomic mass is 16.5. The summed E-state index contributed by atoms with van der Waals surface area (Å²) in [6, 6.07) is 4.97. The molecule has 0 radical (unpaired) electrons. The minimum atomic E-state index is 0.566. The van der Waals surface area contributed by atoms with Gasteiger partial charge < -0.3 is 9.64 Å². The Hall–Kier alpha value is -1.13. The number of likely N-dealkylation sites (tertiary alicyclic amines) is 1. The van der Waals surface area contributed by atoms with Gasteiger partial charge in [-0.25, -0.2) is 4.98 Å². The third-order valence-electron chi connectivity index (χ3n) is 4.01. The minimum absolute atomic E-state index is 0.566. The Balaban J connectivity index is 1.72. The van der Waals surface area contributed by atoms with Crippen molar-refractivity contribution in [3.8, 4) is 0 Å². The van der Waals surface area contributed by atoms with Crippen molar-refractivity contribution in [2.75, 3.05) is 44.8 Å². The fraction of sp³-hybridized carbons (Fsp3) is 0.643. The number of rotatable bonds is 2. The molecule has 18 heavy (non-hydrogen) atoms. The van der Waals surface area contributed by atoms with E-state index in [1.54, 1.807) is 0 Å². The average Bonchev–Trinajstić information content (AvgIpc) is 2.86. The van der Waals surface area contributed by atoms with Crippen molar-refractivity contribution >= 4 is 5.82 Å². The Kier molecular flexibility index (Phi) is 3.48. The molecule has 1 aromatic heterocycles. The van der Waals surface area contributed by atoms with Gasteiger partial charge in [-0.3, -0.25) is 4.90 Å². The van der Waals surface area contributed by atoms with Crippen LogP contribution in [0.3, 0.4) is 0 Å². The maximum absolute atomic E-state index is 5.36. The summed E-state index contributed by atoms with van der Waals surface area (Å²) in [7, 11) is 2.20. The molecule has 0 bridgehead atoms. The first kappa shape index (κ1) is 11.9. The summed E-state index contributed by atoms with van der Waals surface area (Å²) in [6.07, 6.45) is 4.61. The molecule has 1 aromatic rings. The smallest absolute Gasteiger partial charge is 0.128 e. The third kappa shape index (κ3) is 2.35. The predicted octanol–water partition coefficient (Wildman–Crippen LogP) is 1.68. The first-order valence-electron chi connectivity index (χ1n) is 6.83. The average molecular weight is 247 g/mol. The molecule has 2 aliphatic heterocycles. The number of aromatic nitrogens is 1. The summed E-state index contributed by atoms with van der Waals surface area (Å²) in [5.74, 6) is 1.09. The molecule has 4 nitrogen and oxygen atoms in total. The highest BCUT2D eigenvalue weighted by molar-refractivity contribution is 5.40. The number of hydrogen-bond donors (Lipinski definition) is 0. The summed E-state index contributed by atoms with van der Waals surface area (Å²) < 4.78 is 5.36. The Morgan fingerprint density at radius 2 is 2.06 bits per heavy atom. The van der Waals surface area contributed by atoms with E-state index in [0.717, 1.165) is 32.1 Å². The number of nitrogens with zero attached hydrogens (tertiary/aromatic N) is 3. The van der Waals surface area contributed by atoms with Gasteiger partial charge >= 0.3 is 0 Å². The highest BCUT2D eigenvalue weighted by Gasteiger charge is 2.23. The van der Waals surface area contributed by atoms with Gasteiger partial charge in [0.25, 0.3) is 0 Å². The standard InChI is InChI=1S/C14H21N3O/c1-16-6-2-3-13(16)12-4-5-14(15-11-12)17-7-9-18-10-8-17/h4-5,11,13H,2-3,6-10H2,1H3/t13-/m0/s1. The van der Waals surface area contributed by atoms with Gasteiger partial charge in [0.15, 0.2) is 0 Å². The molecule has 0 aromatic carbocycles. The predicted molar refractivity (Wildman–Crippen MR) is 71.9 cm³/mol. The molecule has 0 saturated carbocycles. The lowest BCUT2D eigenvalue weighted by Crippen LogP contribution is -2.36. The van der Waals surface area contributed by atoms with Crippen LogP contribution in [-0.2, 0) is 4.74 Å². The second kappa shape index (κ2) is 5.24.